The van der Waals surface area contributed by atoms with Crippen LogP contribution in [0.2, 0.25) is 0 Å². The number of methoxy groups -OCH3 is 3. The molecule has 0 aliphatic rings. The van der Waals surface area contributed by atoms with Gasteiger partial charge in [-0.15, -0.1) is 10.2 Å². The third-order valence-corrected chi connectivity index (χ3v) is 6.03. The normalized spacial score (nSPS) is 11.0. The fraction of sp³-hybridized carbons (Fsp3) is 0.174. The molecule has 0 amide bonds. The van der Waals surface area contributed by atoms with E-state index in [1.54, 1.807) is 44.3 Å². The topological polar surface area (TPSA) is 110 Å². The van der Waals surface area contributed by atoms with Crippen molar-refractivity contribution in [2.24, 2.45) is 0 Å². The van der Waals surface area contributed by atoms with Gasteiger partial charge in [-0.3, -0.25) is 0 Å². The highest BCUT2D eigenvalue weighted by atomic mass is 32.2. The number of benzene rings is 2. The molecule has 0 aliphatic heterocycles. The van der Waals surface area contributed by atoms with E-state index >= 15 is 0 Å². The predicted octanol–water partition coefficient (Wildman–Crippen LogP) is 4.18. The summed E-state index contributed by atoms with van der Waals surface area (Å²) in [6.45, 7) is 0. The minimum atomic E-state index is 0.347. The van der Waals surface area contributed by atoms with Crippen LogP contribution < -0.4 is 14.2 Å². The molecule has 3 heterocycles. The SMILES string of the molecule is COc1cc(-c2nnc(CSc3ncnc4c3cnn4-c3ccccc3)o2)cc(OC)c1OC. The maximum atomic E-state index is 5.89. The van der Waals surface area contributed by atoms with Gasteiger partial charge in [0.05, 0.1) is 44.4 Å². The second kappa shape index (κ2) is 9.40. The van der Waals surface area contributed by atoms with Crippen molar-refractivity contribution in [3.05, 3.63) is 60.9 Å². The average molecular weight is 477 g/mol. The maximum Gasteiger partial charge on any atom is 0.248 e. The highest BCUT2D eigenvalue weighted by Gasteiger charge is 2.18. The van der Waals surface area contributed by atoms with E-state index in [0.29, 0.717) is 40.3 Å². The van der Waals surface area contributed by atoms with E-state index in [1.807, 2.05) is 30.3 Å². The zero-order valence-electron chi connectivity index (χ0n) is 18.6. The van der Waals surface area contributed by atoms with Gasteiger partial charge in [0.2, 0.25) is 17.5 Å². The van der Waals surface area contributed by atoms with Gasteiger partial charge in [-0.2, -0.15) is 5.10 Å². The Hall–Kier alpha value is -4.12. The van der Waals surface area contributed by atoms with Crippen molar-refractivity contribution in [2.45, 2.75) is 10.8 Å². The Morgan fingerprint density at radius 3 is 2.41 bits per heavy atom. The van der Waals surface area contributed by atoms with Gasteiger partial charge in [0.15, 0.2) is 17.1 Å². The quantitative estimate of drug-likeness (QED) is 0.239. The standard InChI is InChI=1S/C23H20N6O4S/c1-30-17-9-14(10-18(31-2)20(17)32-3)22-28-27-19(33-22)12-34-23-16-11-26-29(21(16)24-13-25-23)15-7-5-4-6-8-15/h4-11,13H,12H2,1-3H3. The molecule has 0 unspecified atom stereocenters. The molecule has 0 aliphatic carbocycles. The van der Waals surface area contributed by atoms with Gasteiger partial charge in [-0.1, -0.05) is 30.0 Å². The molecule has 0 saturated carbocycles. The van der Waals surface area contributed by atoms with E-state index in [0.717, 1.165) is 21.7 Å². The first-order chi connectivity index (χ1) is 16.7. The Balaban J connectivity index is 1.38. The van der Waals surface area contributed by atoms with Gasteiger partial charge < -0.3 is 18.6 Å². The van der Waals surface area contributed by atoms with Gasteiger partial charge in [0.25, 0.3) is 0 Å². The average Bonchev–Trinajstić information content (AvgIpc) is 3.55. The maximum absolute atomic E-state index is 5.89. The summed E-state index contributed by atoms with van der Waals surface area (Å²) in [6, 6.07) is 13.4. The number of fused-ring (bicyclic) bond motifs is 1. The van der Waals surface area contributed by atoms with Gasteiger partial charge in [0.1, 0.15) is 11.4 Å². The largest absolute Gasteiger partial charge is 0.493 e. The summed E-state index contributed by atoms with van der Waals surface area (Å²) in [5.74, 6) is 2.73. The Bertz CT molecular complexity index is 1410. The van der Waals surface area contributed by atoms with Gasteiger partial charge >= 0.3 is 0 Å². The Morgan fingerprint density at radius 2 is 1.71 bits per heavy atom. The van der Waals surface area contributed by atoms with E-state index < -0.39 is 0 Å². The van der Waals surface area contributed by atoms with Gasteiger partial charge in [0, 0.05) is 5.56 Å². The van der Waals surface area contributed by atoms with Crippen LogP contribution in [0.4, 0.5) is 0 Å². The van der Waals surface area contributed by atoms with Gasteiger partial charge in [-0.05, 0) is 24.3 Å². The highest BCUT2D eigenvalue weighted by molar-refractivity contribution is 7.98. The number of aromatic nitrogens is 6. The monoisotopic (exact) mass is 476 g/mol. The first-order valence-corrected chi connectivity index (χ1v) is 11.2. The molecule has 10 nitrogen and oxygen atoms in total. The molecular formula is C23H20N6O4S. The summed E-state index contributed by atoms with van der Waals surface area (Å²) in [5, 5.41) is 14.5. The molecule has 5 rings (SSSR count). The lowest BCUT2D eigenvalue weighted by Gasteiger charge is -2.12. The molecule has 11 heteroatoms. The zero-order valence-corrected chi connectivity index (χ0v) is 19.4. The summed E-state index contributed by atoms with van der Waals surface area (Å²) in [4.78, 5) is 8.83. The molecule has 0 fully saturated rings. The molecular weight excluding hydrogens is 456 g/mol. The molecule has 34 heavy (non-hydrogen) atoms. The van der Waals surface area contributed by atoms with Crippen LogP contribution in [0.1, 0.15) is 5.89 Å². The lowest BCUT2D eigenvalue weighted by atomic mass is 10.2. The van der Waals surface area contributed by atoms with Crippen molar-refractivity contribution >= 4 is 22.8 Å². The van der Waals surface area contributed by atoms with Crippen LogP contribution in [0.5, 0.6) is 17.2 Å². The number of nitrogens with zero attached hydrogens (tertiary/aromatic N) is 6. The first kappa shape index (κ1) is 21.7. The summed E-state index contributed by atoms with van der Waals surface area (Å²) in [7, 11) is 4.66. The third-order valence-electron chi connectivity index (χ3n) is 5.04. The van der Waals surface area contributed by atoms with Crippen LogP contribution in [0.3, 0.4) is 0 Å². The number of ether oxygens (including phenoxy) is 3. The Kier molecular flexibility index (Phi) is 6.00. The van der Waals surface area contributed by atoms with Crippen LogP contribution in [0, 0.1) is 0 Å². The smallest absolute Gasteiger partial charge is 0.248 e. The summed E-state index contributed by atoms with van der Waals surface area (Å²) in [5.41, 5.74) is 2.32. The molecule has 0 spiro atoms. The zero-order chi connectivity index (χ0) is 23.5. The molecule has 0 radical (unpaired) electrons. The lowest BCUT2D eigenvalue weighted by Crippen LogP contribution is -1.97. The minimum absolute atomic E-state index is 0.347. The summed E-state index contributed by atoms with van der Waals surface area (Å²) in [6.07, 6.45) is 3.29. The van der Waals surface area contributed by atoms with Crippen LogP contribution in [-0.2, 0) is 5.75 Å². The van der Waals surface area contributed by atoms with E-state index in [9.17, 15) is 0 Å². The van der Waals surface area contributed by atoms with Crippen molar-refractivity contribution in [1.82, 2.24) is 29.9 Å². The Morgan fingerprint density at radius 1 is 0.941 bits per heavy atom. The van der Waals surface area contributed by atoms with Crippen LogP contribution in [0.15, 0.2) is 64.4 Å². The molecule has 3 aromatic heterocycles. The second-order valence-corrected chi connectivity index (χ2v) is 7.98. The number of hydrogen-bond donors (Lipinski definition) is 0. The number of hydrogen-bond acceptors (Lipinski definition) is 10. The molecule has 2 aromatic carbocycles. The van der Waals surface area contributed by atoms with Crippen LogP contribution in [-0.4, -0.2) is 51.3 Å². The van der Waals surface area contributed by atoms with Crippen molar-refractivity contribution in [3.8, 4) is 34.4 Å². The summed E-state index contributed by atoms with van der Waals surface area (Å²) < 4.78 is 23.9. The minimum Gasteiger partial charge on any atom is -0.493 e. The molecule has 0 bridgehead atoms. The fourth-order valence-electron chi connectivity index (χ4n) is 3.46. The van der Waals surface area contributed by atoms with Crippen LogP contribution in [0.25, 0.3) is 28.2 Å². The lowest BCUT2D eigenvalue weighted by molar-refractivity contribution is 0.324. The van der Waals surface area contributed by atoms with Crippen molar-refractivity contribution < 1.29 is 18.6 Å². The van der Waals surface area contributed by atoms with E-state index in [1.165, 1.54) is 18.1 Å². The fourth-order valence-corrected chi connectivity index (χ4v) is 4.26. The van der Waals surface area contributed by atoms with Crippen molar-refractivity contribution in [1.29, 1.82) is 0 Å². The molecule has 172 valence electrons. The van der Waals surface area contributed by atoms with Gasteiger partial charge in [-0.25, -0.2) is 14.6 Å². The molecule has 5 aromatic rings. The summed E-state index contributed by atoms with van der Waals surface area (Å²) >= 11 is 1.47. The first-order valence-electron chi connectivity index (χ1n) is 10.2. The van der Waals surface area contributed by atoms with E-state index in [4.69, 9.17) is 18.6 Å². The van der Waals surface area contributed by atoms with Crippen LogP contribution >= 0.6 is 11.8 Å². The molecule has 0 atom stereocenters. The van der Waals surface area contributed by atoms with Crippen molar-refractivity contribution in [3.63, 3.8) is 0 Å². The number of thioether (sulfide) groups is 1. The van der Waals surface area contributed by atoms with E-state index in [-0.39, 0.29) is 0 Å². The number of para-hydroxylation sites is 1. The predicted molar refractivity (Wildman–Crippen MR) is 126 cm³/mol. The van der Waals surface area contributed by atoms with Crippen molar-refractivity contribution in [2.75, 3.05) is 21.3 Å². The van der Waals surface area contributed by atoms with E-state index in [2.05, 4.69) is 25.3 Å². The third kappa shape index (κ3) is 4.01. The Labute approximate surface area is 198 Å². The molecule has 0 saturated heterocycles. The highest BCUT2D eigenvalue weighted by Crippen LogP contribution is 2.41. The second-order valence-electron chi connectivity index (χ2n) is 7.01. The number of rotatable bonds is 8. The molecule has 0 N–H and O–H groups in total.